The molecule has 0 spiro atoms. The summed E-state index contributed by atoms with van der Waals surface area (Å²) in [6.07, 6.45) is 7.47. The van der Waals surface area contributed by atoms with Crippen LogP contribution < -0.4 is 14.8 Å². The smallest absolute Gasteiger partial charge is 0.257 e. The van der Waals surface area contributed by atoms with Crippen molar-refractivity contribution in [2.75, 3.05) is 19.8 Å². The fourth-order valence-corrected chi connectivity index (χ4v) is 4.47. The number of benzene rings is 3. The molecule has 0 aliphatic rings. The van der Waals surface area contributed by atoms with Crippen LogP contribution in [0.3, 0.4) is 0 Å². The standard InChI is InChI=1S/C32H37N3O3/c1-2-14-26-15-8-11-20-30(26)37-24-13-23-35-29-19-10-9-18-28(29)34-31(35)21-7-4-12-22-33-32(36)25-38-27-16-5-3-6-17-27/h2-3,5-6,8-11,15-20H,1,4,7,12-14,21-25H2,(H,33,36). The molecule has 0 aliphatic heterocycles. The number of carbonyl (C=O) groups excluding carboxylic acids is 1. The zero-order valence-electron chi connectivity index (χ0n) is 22.0. The Morgan fingerprint density at radius 1 is 0.895 bits per heavy atom. The average molecular weight is 512 g/mol. The van der Waals surface area contributed by atoms with Gasteiger partial charge in [0.2, 0.25) is 0 Å². The molecule has 1 amide bonds. The molecule has 3 aromatic carbocycles. The number of nitrogens with zero attached hydrogens (tertiary/aromatic N) is 2. The molecule has 198 valence electrons. The Morgan fingerprint density at radius 3 is 2.55 bits per heavy atom. The highest BCUT2D eigenvalue weighted by atomic mass is 16.5. The summed E-state index contributed by atoms with van der Waals surface area (Å²) in [7, 11) is 0. The van der Waals surface area contributed by atoms with Gasteiger partial charge in [0.25, 0.3) is 5.91 Å². The Balaban J connectivity index is 1.20. The topological polar surface area (TPSA) is 65.4 Å². The highest BCUT2D eigenvalue weighted by molar-refractivity contribution is 5.77. The molecule has 38 heavy (non-hydrogen) atoms. The first-order valence-corrected chi connectivity index (χ1v) is 13.4. The van der Waals surface area contributed by atoms with E-state index in [1.54, 1.807) is 0 Å². The van der Waals surface area contributed by atoms with Gasteiger partial charge in [-0.2, -0.15) is 0 Å². The molecule has 0 bridgehead atoms. The third-order valence-corrected chi connectivity index (χ3v) is 6.37. The molecule has 1 aromatic heterocycles. The molecule has 0 saturated carbocycles. The van der Waals surface area contributed by atoms with Gasteiger partial charge in [-0.3, -0.25) is 4.79 Å². The highest BCUT2D eigenvalue weighted by Crippen LogP contribution is 2.21. The minimum atomic E-state index is -0.0926. The molecule has 0 unspecified atom stereocenters. The van der Waals surface area contributed by atoms with Crippen LogP contribution in [0.15, 0.2) is 91.5 Å². The first-order valence-electron chi connectivity index (χ1n) is 13.4. The summed E-state index contributed by atoms with van der Waals surface area (Å²) in [6, 6.07) is 25.8. The summed E-state index contributed by atoms with van der Waals surface area (Å²) < 4.78 is 13.9. The molecule has 0 radical (unpaired) electrons. The second-order valence-electron chi connectivity index (χ2n) is 9.23. The van der Waals surface area contributed by atoms with Crippen molar-refractivity contribution in [3.05, 3.63) is 103 Å². The van der Waals surface area contributed by atoms with Gasteiger partial charge in [-0.25, -0.2) is 4.98 Å². The van der Waals surface area contributed by atoms with Gasteiger partial charge in [0.05, 0.1) is 17.6 Å². The number of hydrogen-bond acceptors (Lipinski definition) is 4. The van der Waals surface area contributed by atoms with Crippen LogP contribution in [0.5, 0.6) is 11.5 Å². The third-order valence-electron chi connectivity index (χ3n) is 6.37. The van der Waals surface area contributed by atoms with Crippen molar-refractivity contribution in [3.63, 3.8) is 0 Å². The molecule has 6 heteroatoms. The van der Waals surface area contributed by atoms with Crippen molar-refractivity contribution < 1.29 is 14.3 Å². The Bertz CT molecular complexity index is 1300. The van der Waals surface area contributed by atoms with Crippen LogP contribution >= 0.6 is 0 Å². The SMILES string of the molecule is C=CCc1ccccc1OCCCn1c(CCCCCNC(=O)COc2ccccc2)nc2ccccc21. The van der Waals surface area contributed by atoms with Gasteiger partial charge in [-0.05, 0) is 61.6 Å². The van der Waals surface area contributed by atoms with Crippen LogP contribution in [0.25, 0.3) is 11.0 Å². The molecule has 0 atom stereocenters. The molecule has 0 saturated heterocycles. The number of rotatable bonds is 16. The summed E-state index contributed by atoms with van der Waals surface area (Å²) in [4.78, 5) is 16.9. The fraction of sp³-hybridized carbons (Fsp3) is 0.312. The van der Waals surface area contributed by atoms with Crippen LogP contribution in [0.1, 0.15) is 37.1 Å². The van der Waals surface area contributed by atoms with E-state index in [9.17, 15) is 4.79 Å². The van der Waals surface area contributed by atoms with Crippen molar-refractivity contribution in [3.8, 4) is 11.5 Å². The summed E-state index contributed by atoms with van der Waals surface area (Å²) in [6.45, 7) is 6.04. The number of carbonyl (C=O) groups is 1. The fourth-order valence-electron chi connectivity index (χ4n) is 4.47. The van der Waals surface area contributed by atoms with E-state index in [-0.39, 0.29) is 12.5 Å². The van der Waals surface area contributed by atoms with E-state index in [1.807, 2.05) is 60.7 Å². The molecule has 0 aliphatic carbocycles. The lowest BCUT2D eigenvalue weighted by Gasteiger charge is -2.12. The number of nitrogens with one attached hydrogen (secondary N) is 1. The number of allylic oxidation sites excluding steroid dienone is 1. The van der Waals surface area contributed by atoms with Crippen LogP contribution in [0.4, 0.5) is 0 Å². The van der Waals surface area contributed by atoms with E-state index in [0.717, 1.165) is 67.7 Å². The van der Waals surface area contributed by atoms with E-state index >= 15 is 0 Å². The largest absolute Gasteiger partial charge is 0.493 e. The molecule has 1 heterocycles. The number of aromatic nitrogens is 2. The maximum Gasteiger partial charge on any atom is 0.257 e. The average Bonchev–Trinajstić information content (AvgIpc) is 3.30. The number of amides is 1. The highest BCUT2D eigenvalue weighted by Gasteiger charge is 2.11. The van der Waals surface area contributed by atoms with Gasteiger partial charge < -0.3 is 19.4 Å². The number of aryl methyl sites for hydroxylation is 2. The zero-order chi connectivity index (χ0) is 26.4. The van der Waals surface area contributed by atoms with Gasteiger partial charge in [-0.1, -0.05) is 61.0 Å². The lowest BCUT2D eigenvalue weighted by atomic mass is 10.1. The molecular formula is C32H37N3O3. The Labute approximate surface area is 225 Å². The van der Waals surface area contributed by atoms with Crippen molar-refractivity contribution in [1.82, 2.24) is 14.9 Å². The first-order chi connectivity index (χ1) is 18.7. The van der Waals surface area contributed by atoms with Crippen molar-refractivity contribution in [1.29, 1.82) is 0 Å². The number of fused-ring (bicyclic) bond motifs is 1. The Morgan fingerprint density at radius 2 is 1.68 bits per heavy atom. The quantitative estimate of drug-likeness (QED) is 0.145. The third kappa shape index (κ3) is 7.97. The normalized spacial score (nSPS) is 10.8. The number of unbranched alkanes of at least 4 members (excludes halogenated alkanes) is 2. The molecule has 4 rings (SSSR count). The van der Waals surface area contributed by atoms with E-state index in [2.05, 4.69) is 40.7 Å². The van der Waals surface area contributed by atoms with Gasteiger partial charge >= 0.3 is 0 Å². The van der Waals surface area contributed by atoms with Gasteiger partial charge in [0, 0.05) is 19.5 Å². The maximum atomic E-state index is 12.0. The van der Waals surface area contributed by atoms with Crippen LogP contribution in [-0.4, -0.2) is 35.2 Å². The van der Waals surface area contributed by atoms with E-state index < -0.39 is 0 Å². The second-order valence-corrected chi connectivity index (χ2v) is 9.23. The van der Waals surface area contributed by atoms with Crippen LogP contribution in [0, 0.1) is 0 Å². The Hall–Kier alpha value is -4.06. The van der Waals surface area contributed by atoms with Crippen molar-refractivity contribution in [2.24, 2.45) is 0 Å². The monoisotopic (exact) mass is 511 g/mol. The minimum absolute atomic E-state index is 0.0393. The van der Waals surface area contributed by atoms with Gasteiger partial charge in [0.1, 0.15) is 17.3 Å². The van der Waals surface area contributed by atoms with Crippen LogP contribution in [0.2, 0.25) is 0 Å². The Kier molecular flexibility index (Phi) is 10.4. The predicted octanol–water partition coefficient (Wildman–Crippen LogP) is 6.14. The summed E-state index contributed by atoms with van der Waals surface area (Å²) in [5.74, 6) is 2.65. The van der Waals surface area contributed by atoms with Crippen molar-refractivity contribution in [2.45, 2.75) is 45.1 Å². The number of ether oxygens (including phenoxy) is 2. The lowest BCUT2D eigenvalue weighted by Crippen LogP contribution is -2.29. The number of imidazole rings is 1. The lowest BCUT2D eigenvalue weighted by molar-refractivity contribution is -0.123. The molecular weight excluding hydrogens is 474 g/mol. The van der Waals surface area contributed by atoms with Gasteiger partial charge in [-0.15, -0.1) is 6.58 Å². The van der Waals surface area contributed by atoms with Crippen molar-refractivity contribution >= 4 is 16.9 Å². The summed E-state index contributed by atoms with van der Waals surface area (Å²) in [5, 5.41) is 2.94. The molecule has 6 nitrogen and oxygen atoms in total. The second kappa shape index (κ2) is 14.6. The first kappa shape index (κ1) is 27.0. The zero-order valence-corrected chi connectivity index (χ0v) is 22.0. The van der Waals surface area contributed by atoms with E-state index in [4.69, 9.17) is 14.5 Å². The number of hydrogen-bond donors (Lipinski definition) is 1. The molecule has 1 N–H and O–H groups in total. The molecule has 0 fully saturated rings. The number of para-hydroxylation sites is 4. The van der Waals surface area contributed by atoms with Gasteiger partial charge in [0.15, 0.2) is 6.61 Å². The predicted molar refractivity (Wildman–Crippen MR) is 153 cm³/mol. The molecule has 4 aromatic rings. The maximum absolute atomic E-state index is 12.0. The van der Waals surface area contributed by atoms with Crippen LogP contribution in [-0.2, 0) is 24.2 Å². The van der Waals surface area contributed by atoms with E-state index in [1.165, 1.54) is 5.52 Å². The summed E-state index contributed by atoms with van der Waals surface area (Å²) in [5.41, 5.74) is 3.36. The van der Waals surface area contributed by atoms with E-state index in [0.29, 0.717) is 18.9 Å². The summed E-state index contributed by atoms with van der Waals surface area (Å²) >= 11 is 0. The minimum Gasteiger partial charge on any atom is -0.493 e.